The SMILES string of the molecule is CC1CCN(c2ccc([C@H](C)NC(=O)/C(=C/c3cccs3)NC(=O)c3ccccc3)cc2)CC1. The predicted molar refractivity (Wildman–Crippen MR) is 140 cm³/mol. The van der Waals surface area contributed by atoms with Gasteiger partial charge in [-0.05, 0) is 73.0 Å². The summed E-state index contributed by atoms with van der Waals surface area (Å²) in [5.74, 6) is 0.162. The number of hydrogen-bond acceptors (Lipinski definition) is 4. The Bertz CT molecular complexity index is 1120. The van der Waals surface area contributed by atoms with Gasteiger partial charge >= 0.3 is 0 Å². The Morgan fingerprint density at radius 2 is 1.71 bits per heavy atom. The number of carbonyl (C=O) groups excluding carboxylic acids is 2. The van der Waals surface area contributed by atoms with E-state index in [0.29, 0.717) is 5.56 Å². The van der Waals surface area contributed by atoms with Crippen LogP contribution in [0.4, 0.5) is 5.69 Å². The van der Waals surface area contributed by atoms with E-state index in [-0.39, 0.29) is 23.6 Å². The van der Waals surface area contributed by atoms with Crippen LogP contribution < -0.4 is 15.5 Å². The molecule has 34 heavy (non-hydrogen) atoms. The average molecular weight is 474 g/mol. The van der Waals surface area contributed by atoms with Gasteiger partial charge in [0.15, 0.2) is 0 Å². The second-order valence-corrected chi connectivity index (χ2v) is 9.83. The summed E-state index contributed by atoms with van der Waals surface area (Å²) >= 11 is 1.51. The Balaban J connectivity index is 1.44. The highest BCUT2D eigenvalue weighted by atomic mass is 32.1. The molecule has 6 heteroatoms. The van der Waals surface area contributed by atoms with Gasteiger partial charge in [-0.3, -0.25) is 9.59 Å². The first-order chi connectivity index (χ1) is 16.5. The number of hydrogen-bond donors (Lipinski definition) is 2. The van der Waals surface area contributed by atoms with Crippen molar-refractivity contribution in [1.82, 2.24) is 10.6 Å². The van der Waals surface area contributed by atoms with Crippen molar-refractivity contribution in [2.45, 2.75) is 32.7 Å². The summed E-state index contributed by atoms with van der Waals surface area (Å²) in [6, 6.07) is 20.9. The molecule has 3 aromatic rings. The lowest BCUT2D eigenvalue weighted by atomic mass is 9.98. The first-order valence-corrected chi connectivity index (χ1v) is 12.6. The number of piperidine rings is 1. The molecule has 0 spiro atoms. The van der Waals surface area contributed by atoms with Gasteiger partial charge < -0.3 is 15.5 Å². The van der Waals surface area contributed by atoms with Crippen LogP contribution in [0, 0.1) is 5.92 Å². The van der Waals surface area contributed by atoms with E-state index >= 15 is 0 Å². The van der Waals surface area contributed by atoms with Crippen molar-refractivity contribution in [3.8, 4) is 0 Å². The maximum absolute atomic E-state index is 13.2. The van der Waals surface area contributed by atoms with Gasteiger partial charge in [-0.1, -0.05) is 43.3 Å². The summed E-state index contributed by atoms with van der Waals surface area (Å²) in [4.78, 5) is 29.2. The van der Waals surface area contributed by atoms with E-state index in [2.05, 4.69) is 46.7 Å². The van der Waals surface area contributed by atoms with E-state index < -0.39 is 0 Å². The van der Waals surface area contributed by atoms with Crippen molar-refractivity contribution in [3.63, 3.8) is 0 Å². The Hall–Kier alpha value is -3.38. The van der Waals surface area contributed by atoms with Crippen molar-refractivity contribution < 1.29 is 9.59 Å². The molecule has 0 radical (unpaired) electrons. The van der Waals surface area contributed by atoms with E-state index in [1.54, 1.807) is 30.3 Å². The monoisotopic (exact) mass is 473 g/mol. The molecule has 1 aromatic heterocycles. The minimum absolute atomic E-state index is 0.205. The lowest BCUT2D eigenvalue weighted by molar-refractivity contribution is -0.118. The molecule has 0 unspecified atom stereocenters. The molecule has 0 saturated carbocycles. The first kappa shape index (κ1) is 23.8. The van der Waals surface area contributed by atoms with E-state index in [4.69, 9.17) is 0 Å². The average Bonchev–Trinajstić information content (AvgIpc) is 3.38. The largest absolute Gasteiger partial charge is 0.372 e. The molecule has 0 bridgehead atoms. The second kappa shape index (κ2) is 11.2. The van der Waals surface area contributed by atoms with Crippen molar-refractivity contribution in [2.75, 3.05) is 18.0 Å². The van der Waals surface area contributed by atoms with Crippen LogP contribution in [0.2, 0.25) is 0 Å². The third kappa shape index (κ3) is 6.14. The third-order valence-electron chi connectivity index (χ3n) is 6.25. The van der Waals surface area contributed by atoms with Crippen LogP contribution in [0.25, 0.3) is 6.08 Å². The number of nitrogens with one attached hydrogen (secondary N) is 2. The molecule has 0 aliphatic carbocycles. The topological polar surface area (TPSA) is 61.4 Å². The molecule has 2 N–H and O–H groups in total. The smallest absolute Gasteiger partial charge is 0.268 e. The van der Waals surface area contributed by atoms with Crippen LogP contribution in [0.15, 0.2) is 77.8 Å². The van der Waals surface area contributed by atoms with E-state index in [9.17, 15) is 9.59 Å². The number of benzene rings is 2. The normalized spacial score (nSPS) is 15.6. The molecule has 2 heterocycles. The van der Waals surface area contributed by atoms with Gasteiger partial charge in [0.05, 0.1) is 6.04 Å². The highest BCUT2D eigenvalue weighted by Crippen LogP contribution is 2.25. The van der Waals surface area contributed by atoms with Gasteiger partial charge in [0, 0.05) is 29.2 Å². The van der Waals surface area contributed by atoms with Gasteiger partial charge in [-0.15, -0.1) is 11.3 Å². The summed E-state index contributed by atoms with van der Waals surface area (Å²) in [6.45, 7) is 6.45. The minimum Gasteiger partial charge on any atom is -0.372 e. The minimum atomic E-state index is -0.320. The quantitative estimate of drug-likeness (QED) is 0.437. The molecular formula is C28H31N3O2S. The third-order valence-corrected chi connectivity index (χ3v) is 7.07. The maximum atomic E-state index is 13.2. The van der Waals surface area contributed by atoms with Gasteiger partial charge in [0.1, 0.15) is 5.70 Å². The lowest BCUT2D eigenvalue weighted by Crippen LogP contribution is -2.36. The van der Waals surface area contributed by atoms with Crippen LogP contribution in [-0.2, 0) is 4.79 Å². The van der Waals surface area contributed by atoms with E-state index in [0.717, 1.165) is 29.4 Å². The van der Waals surface area contributed by atoms with Crippen LogP contribution >= 0.6 is 11.3 Å². The fourth-order valence-corrected chi connectivity index (χ4v) is 4.71. The van der Waals surface area contributed by atoms with Crippen molar-refractivity contribution in [1.29, 1.82) is 0 Å². The molecule has 2 amide bonds. The van der Waals surface area contributed by atoms with Gasteiger partial charge in [0.25, 0.3) is 11.8 Å². The molecule has 1 atom stereocenters. The van der Waals surface area contributed by atoms with E-state index in [1.165, 1.54) is 29.9 Å². The van der Waals surface area contributed by atoms with Gasteiger partial charge in [-0.2, -0.15) is 0 Å². The summed E-state index contributed by atoms with van der Waals surface area (Å²) in [6.07, 6.45) is 4.17. The number of amides is 2. The fourth-order valence-electron chi connectivity index (χ4n) is 4.06. The van der Waals surface area contributed by atoms with Crippen LogP contribution in [0.1, 0.15) is 53.5 Å². The summed E-state index contributed by atoms with van der Waals surface area (Å²) in [5.41, 5.74) is 2.97. The number of rotatable bonds is 7. The maximum Gasteiger partial charge on any atom is 0.268 e. The van der Waals surface area contributed by atoms with Crippen molar-refractivity contribution >= 4 is 34.9 Å². The summed E-state index contributed by atoms with van der Waals surface area (Å²) in [7, 11) is 0. The Morgan fingerprint density at radius 3 is 2.35 bits per heavy atom. The first-order valence-electron chi connectivity index (χ1n) is 11.8. The van der Waals surface area contributed by atoms with Gasteiger partial charge in [-0.25, -0.2) is 0 Å². The number of nitrogens with zero attached hydrogens (tertiary/aromatic N) is 1. The highest BCUT2D eigenvalue weighted by molar-refractivity contribution is 7.10. The van der Waals surface area contributed by atoms with Crippen LogP contribution in [0.5, 0.6) is 0 Å². The van der Waals surface area contributed by atoms with Crippen molar-refractivity contribution in [3.05, 3.63) is 93.8 Å². The highest BCUT2D eigenvalue weighted by Gasteiger charge is 2.19. The zero-order valence-corrected chi connectivity index (χ0v) is 20.5. The van der Waals surface area contributed by atoms with Crippen LogP contribution in [0.3, 0.4) is 0 Å². The molecule has 176 valence electrons. The zero-order chi connectivity index (χ0) is 23.9. The zero-order valence-electron chi connectivity index (χ0n) is 19.7. The molecule has 1 aliphatic heterocycles. The number of carbonyl (C=O) groups is 2. The molecule has 1 saturated heterocycles. The van der Waals surface area contributed by atoms with Crippen LogP contribution in [-0.4, -0.2) is 24.9 Å². The summed E-state index contributed by atoms with van der Waals surface area (Å²) < 4.78 is 0. The van der Waals surface area contributed by atoms with E-state index in [1.807, 2.05) is 30.5 Å². The number of anilines is 1. The number of thiophene rings is 1. The Labute approximate surface area is 205 Å². The Kier molecular flexibility index (Phi) is 7.80. The lowest BCUT2D eigenvalue weighted by Gasteiger charge is -2.32. The summed E-state index contributed by atoms with van der Waals surface area (Å²) in [5, 5.41) is 7.77. The molecule has 5 nitrogen and oxygen atoms in total. The fraction of sp³-hybridized carbons (Fsp3) is 0.286. The standard InChI is InChI=1S/C28H31N3O2S/c1-20-14-16-31(17-15-20)24-12-10-22(11-13-24)21(2)29-28(33)26(19-25-9-6-18-34-25)30-27(32)23-7-4-3-5-8-23/h3-13,18-21H,14-17H2,1-2H3,(H,29,33)(H,30,32)/b26-19-/t21-/m0/s1. The van der Waals surface area contributed by atoms with Crippen molar-refractivity contribution in [2.24, 2.45) is 5.92 Å². The molecular weight excluding hydrogens is 442 g/mol. The molecule has 2 aromatic carbocycles. The van der Waals surface area contributed by atoms with Gasteiger partial charge in [0.2, 0.25) is 0 Å². The Morgan fingerprint density at radius 1 is 1.00 bits per heavy atom. The molecule has 1 aliphatic rings. The predicted octanol–water partition coefficient (Wildman–Crippen LogP) is 5.63. The molecule has 4 rings (SSSR count). The molecule has 1 fully saturated rings. The second-order valence-electron chi connectivity index (χ2n) is 8.85.